The second-order valence-electron chi connectivity index (χ2n) is 6.10. The fourth-order valence-corrected chi connectivity index (χ4v) is 2.37. The van der Waals surface area contributed by atoms with Gasteiger partial charge in [0.15, 0.2) is 17.5 Å². The molecule has 0 aliphatic heterocycles. The lowest BCUT2D eigenvalue weighted by atomic mass is 10.1. The summed E-state index contributed by atoms with van der Waals surface area (Å²) in [4.78, 5) is 16.1. The minimum absolute atomic E-state index is 0.0185. The third kappa shape index (κ3) is 8.09. The van der Waals surface area contributed by atoms with Crippen LogP contribution in [0, 0.1) is 0 Å². The molecule has 0 fully saturated rings. The predicted octanol–water partition coefficient (Wildman–Crippen LogP) is 1.72. The van der Waals surface area contributed by atoms with Crippen LogP contribution in [0.5, 0.6) is 11.5 Å². The number of aliphatic imine (C=N–C) groups is 1. The van der Waals surface area contributed by atoms with E-state index in [2.05, 4.69) is 20.9 Å². The topological polar surface area (TPSA) is 84.0 Å². The molecule has 1 rings (SSSR count). The number of carbonyl (C=O) groups excluding carboxylic acids is 1. The number of methoxy groups -OCH3 is 2. The molecule has 1 aromatic carbocycles. The summed E-state index contributed by atoms with van der Waals surface area (Å²) >= 11 is 0. The van der Waals surface area contributed by atoms with E-state index in [-0.39, 0.29) is 11.9 Å². The minimum atomic E-state index is 0.0185. The fraction of sp³-hybridized carbons (Fsp3) is 0.579. The molecular formula is C19H32N4O3. The first kappa shape index (κ1) is 21.6. The number of hydrogen-bond acceptors (Lipinski definition) is 4. The van der Waals surface area contributed by atoms with E-state index in [0.29, 0.717) is 18.9 Å². The van der Waals surface area contributed by atoms with Gasteiger partial charge in [0, 0.05) is 25.6 Å². The summed E-state index contributed by atoms with van der Waals surface area (Å²) < 4.78 is 10.6. The van der Waals surface area contributed by atoms with Crippen LogP contribution in [-0.4, -0.2) is 51.8 Å². The first-order valence-corrected chi connectivity index (χ1v) is 9.02. The van der Waals surface area contributed by atoms with Crippen LogP contribution in [0.15, 0.2) is 23.2 Å². The number of nitrogens with one attached hydrogen (secondary N) is 3. The molecule has 0 saturated carbocycles. The van der Waals surface area contributed by atoms with Crippen molar-refractivity contribution in [3.63, 3.8) is 0 Å². The maximum atomic E-state index is 11.7. The Morgan fingerprint density at radius 2 is 1.88 bits per heavy atom. The number of ether oxygens (including phenoxy) is 2. The van der Waals surface area contributed by atoms with Crippen molar-refractivity contribution in [3.05, 3.63) is 23.8 Å². The van der Waals surface area contributed by atoms with Crippen LogP contribution in [0.4, 0.5) is 0 Å². The maximum Gasteiger partial charge on any atom is 0.222 e. The van der Waals surface area contributed by atoms with Gasteiger partial charge in [-0.25, -0.2) is 0 Å². The SMILES string of the molecule is CCNC(=NCCC(=O)NC(C)C)NCCc1ccc(OC)c(OC)c1. The van der Waals surface area contributed by atoms with Gasteiger partial charge in [-0.05, 0) is 44.9 Å². The molecule has 0 saturated heterocycles. The van der Waals surface area contributed by atoms with Gasteiger partial charge >= 0.3 is 0 Å². The molecule has 0 spiro atoms. The molecular weight excluding hydrogens is 332 g/mol. The lowest BCUT2D eigenvalue weighted by Crippen LogP contribution is -2.38. The molecule has 0 atom stereocenters. The molecule has 7 nitrogen and oxygen atoms in total. The minimum Gasteiger partial charge on any atom is -0.493 e. The Balaban J connectivity index is 2.50. The largest absolute Gasteiger partial charge is 0.493 e. The van der Waals surface area contributed by atoms with Gasteiger partial charge in [-0.2, -0.15) is 0 Å². The van der Waals surface area contributed by atoms with Crippen molar-refractivity contribution in [2.45, 2.75) is 39.7 Å². The molecule has 26 heavy (non-hydrogen) atoms. The molecule has 146 valence electrons. The van der Waals surface area contributed by atoms with E-state index in [1.807, 2.05) is 39.0 Å². The van der Waals surface area contributed by atoms with E-state index in [1.54, 1.807) is 14.2 Å². The fourth-order valence-electron chi connectivity index (χ4n) is 2.37. The van der Waals surface area contributed by atoms with Crippen LogP contribution < -0.4 is 25.4 Å². The number of rotatable bonds is 10. The van der Waals surface area contributed by atoms with Gasteiger partial charge in [-0.15, -0.1) is 0 Å². The Kier molecular flexibility index (Phi) is 9.97. The lowest BCUT2D eigenvalue weighted by Gasteiger charge is -2.13. The molecule has 0 bridgehead atoms. The van der Waals surface area contributed by atoms with Gasteiger partial charge in [0.05, 0.1) is 20.8 Å². The van der Waals surface area contributed by atoms with Crippen molar-refractivity contribution in [2.75, 3.05) is 33.9 Å². The summed E-state index contributed by atoms with van der Waals surface area (Å²) in [6.45, 7) is 7.84. The third-order valence-electron chi connectivity index (χ3n) is 3.56. The zero-order valence-corrected chi connectivity index (χ0v) is 16.5. The van der Waals surface area contributed by atoms with Gasteiger partial charge < -0.3 is 25.4 Å². The zero-order valence-electron chi connectivity index (χ0n) is 16.5. The van der Waals surface area contributed by atoms with Crippen LogP contribution in [0.25, 0.3) is 0 Å². The van der Waals surface area contributed by atoms with E-state index in [4.69, 9.17) is 9.47 Å². The molecule has 7 heteroatoms. The quantitative estimate of drug-likeness (QED) is 0.435. The second kappa shape index (κ2) is 12.0. The third-order valence-corrected chi connectivity index (χ3v) is 3.56. The zero-order chi connectivity index (χ0) is 19.4. The van der Waals surface area contributed by atoms with Gasteiger partial charge in [-0.3, -0.25) is 9.79 Å². The Morgan fingerprint density at radius 3 is 2.50 bits per heavy atom. The van der Waals surface area contributed by atoms with Crippen LogP contribution in [0.1, 0.15) is 32.8 Å². The molecule has 1 amide bonds. The number of hydrogen-bond donors (Lipinski definition) is 3. The summed E-state index contributed by atoms with van der Waals surface area (Å²) in [5, 5.41) is 9.33. The van der Waals surface area contributed by atoms with E-state index in [9.17, 15) is 4.79 Å². The van der Waals surface area contributed by atoms with Crippen LogP contribution in [0.3, 0.4) is 0 Å². The second-order valence-corrected chi connectivity index (χ2v) is 6.10. The van der Waals surface area contributed by atoms with Gasteiger partial charge in [0.2, 0.25) is 5.91 Å². The highest BCUT2D eigenvalue weighted by Gasteiger charge is 2.06. The van der Waals surface area contributed by atoms with Crippen LogP contribution >= 0.6 is 0 Å². The van der Waals surface area contributed by atoms with Gasteiger partial charge in [-0.1, -0.05) is 6.07 Å². The molecule has 3 N–H and O–H groups in total. The number of carbonyl (C=O) groups is 1. The molecule has 0 aliphatic carbocycles. The summed E-state index contributed by atoms with van der Waals surface area (Å²) in [5.41, 5.74) is 1.14. The number of guanidine groups is 1. The Bertz CT molecular complexity index is 588. The van der Waals surface area contributed by atoms with Crippen LogP contribution in [0.2, 0.25) is 0 Å². The smallest absolute Gasteiger partial charge is 0.222 e. The van der Waals surface area contributed by atoms with Crippen molar-refractivity contribution >= 4 is 11.9 Å². The Hall–Kier alpha value is -2.44. The standard InChI is InChI=1S/C19H32N4O3/c1-6-20-19(22-12-10-18(24)23-14(2)3)21-11-9-15-7-8-16(25-4)17(13-15)26-5/h7-8,13-14H,6,9-12H2,1-5H3,(H,23,24)(H2,20,21,22). The highest BCUT2D eigenvalue weighted by Crippen LogP contribution is 2.27. The monoisotopic (exact) mass is 364 g/mol. The maximum absolute atomic E-state index is 11.7. The summed E-state index contributed by atoms with van der Waals surface area (Å²) in [6.07, 6.45) is 1.20. The van der Waals surface area contributed by atoms with Gasteiger partial charge in [0.25, 0.3) is 0 Å². The normalized spacial score (nSPS) is 11.2. The van der Waals surface area contributed by atoms with E-state index < -0.39 is 0 Å². The number of amides is 1. The van der Waals surface area contributed by atoms with Crippen molar-refractivity contribution in [2.24, 2.45) is 4.99 Å². The van der Waals surface area contributed by atoms with Gasteiger partial charge in [0.1, 0.15) is 0 Å². The summed E-state index contributed by atoms with van der Waals surface area (Å²) in [6, 6.07) is 6.05. The van der Waals surface area contributed by atoms with E-state index in [0.717, 1.165) is 36.6 Å². The van der Waals surface area contributed by atoms with Crippen molar-refractivity contribution in [1.82, 2.24) is 16.0 Å². The van der Waals surface area contributed by atoms with Crippen molar-refractivity contribution in [1.29, 1.82) is 0 Å². The average molecular weight is 364 g/mol. The van der Waals surface area contributed by atoms with E-state index in [1.165, 1.54) is 0 Å². The highest BCUT2D eigenvalue weighted by atomic mass is 16.5. The van der Waals surface area contributed by atoms with Crippen molar-refractivity contribution < 1.29 is 14.3 Å². The molecule has 0 aromatic heterocycles. The summed E-state index contributed by atoms with van der Waals surface area (Å²) in [5.74, 6) is 2.18. The molecule has 0 aliphatic rings. The molecule has 0 unspecified atom stereocenters. The number of benzene rings is 1. The first-order chi connectivity index (χ1) is 12.5. The summed E-state index contributed by atoms with van der Waals surface area (Å²) in [7, 11) is 3.25. The molecule has 0 radical (unpaired) electrons. The highest BCUT2D eigenvalue weighted by molar-refractivity contribution is 5.80. The lowest BCUT2D eigenvalue weighted by molar-refractivity contribution is -0.121. The Morgan fingerprint density at radius 1 is 1.15 bits per heavy atom. The van der Waals surface area contributed by atoms with Crippen molar-refractivity contribution in [3.8, 4) is 11.5 Å². The molecule has 0 heterocycles. The Labute approximate surface area is 156 Å². The first-order valence-electron chi connectivity index (χ1n) is 9.02. The van der Waals surface area contributed by atoms with Crippen LogP contribution in [-0.2, 0) is 11.2 Å². The molecule has 1 aromatic rings. The average Bonchev–Trinajstić information content (AvgIpc) is 2.60. The van der Waals surface area contributed by atoms with E-state index >= 15 is 0 Å². The predicted molar refractivity (Wildman–Crippen MR) is 105 cm³/mol. The number of nitrogens with zero attached hydrogens (tertiary/aromatic N) is 1.